The molecule has 0 spiro atoms. The Morgan fingerprint density at radius 1 is 0.955 bits per heavy atom. The van der Waals surface area contributed by atoms with E-state index in [-0.39, 0.29) is 19.2 Å². The largest absolute Gasteiger partial charge is 0.463 e. The summed E-state index contributed by atoms with van der Waals surface area (Å²) in [4.78, 5) is 11.6. The fourth-order valence-electron chi connectivity index (χ4n) is 2.52. The molecule has 0 aliphatic heterocycles. The molecule has 0 saturated carbocycles. The highest BCUT2D eigenvalue weighted by atomic mass is 16.5. The molecule has 3 atom stereocenters. The first kappa shape index (κ1) is 21.4. The number of hydrogen-bond donors (Lipinski definition) is 2. The van der Waals surface area contributed by atoms with Gasteiger partial charge in [0, 0.05) is 6.42 Å². The topological polar surface area (TPSA) is 66.8 Å². The molecule has 0 fully saturated rings. The summed E-state index contributed by atoms with van der Waals surface area (Å²) in [5.41, 5.74) is 0. The van der Waals surface area contributed by atoms with Crippen molar-refractivity contribution in [3.8, 4) is 0 Å². The van der Waals surface area contributed by atoms with Crippen LogP contribution in [0.15, 0.2) is 0 Å². The fourth-order valence-corrected chi connectivity index (χ4v) is 2.52. The van der Waals surface area contributed by atoms with E-state index in [1.54, 1.807) is 0 Å². The fraction of sp³-hybridized carbons (Fsp3) is 0.944. The van der Waals surface area contributed by atoms with Gasteiger partial charge in [-0.3, -0.25) is 4.79 Å². The summed E-state index contributed by atoms with van der Waals surface area (Å²) in [6.07, 6.45) is 6.75. The smallest absolute Gasteiger partial charge is 0.306 e. The number of carbonyl (C=O) groups is 1. The Hall–Kier alpha value is -0.610. The van der Waals surface area contributed by atoms with Crippen molar-refractivity contribution < 1.29 is 19.7 Å². The molecule has 2 N–H and O–H groups in total. The zero-order valence-electron chi connectivity index (χ0n) is 14.9. The van der Waals surface area contributed by atoms with E-state index in [1.807, 2.05) is 0 Å². The lowest BCUT2D eigenvalue weighted by Gasteiger charge is -2.15. The molecule has 3 unspecified atom stereocenters. The third-order valence-electron chi connectivity index (χ3n) is 4.03. The minimum Gasteiger partial charge on any atom is -0.463 e. The van der Waals surface area contributed by atoms with E-state index in [0.717, 1.165) is 24.7 Å². The highest BCUT2D eigenvalue weighted by molar-refractivity contribution is 5.69. The molecule has 0 aliphatic carbocycles. The maximum atomic E-state index is 11.6. The second kappa shape index (κ2) is 12.9. The summed E-state index contributed by atoms with van der Waals surface area (Å²) in [6, 6.07) is 0. The summed E-state index contributed by atoms with van der Waals surface area (Å²) >= 11 is 0. The highest BCUT2D eigenvalue weighted by Gasteiger charge is 2.13. The van der Waals surface area contributed by atoms with Gasteiger partial charge in [0.25, 0.3) is 0 Å². The Balaban J connectivity index is 3.63. The first-order chi connectivity index (χ1) is 10.3. The van der Waals surface area contributed by atoms with Gasteiger partial charge in [0.05, 0.1) is 6.61 Å². The molecule has 0 radical (unpaired) electrons. The summed E-state index contributed by atoms with van der Waals surface area (Å²) < 4.78 is 4.92. The zero-order chi connectivity index (χ0) is 17.0. The normalized spacial score (nSPS) is 15.6. The van der Waals surface area contributed by atoms with Crippen LogP contribution in [0.1, 0.15) is 72.6 Å². The number of ether oxygens (including phenoxy) is 1. The van der Waals surface area contributed by atoms with E-state index < -0.39 is 6.10 Å². The molecular formula is C18H36O4. The summed E-state index contributed by atoms with van der Waals surface area (Å²) in [7, 11) is 0. The second-order valence-electron chi connectivity index (χ2n) is 7.19. The molecule has 0 heterocycles. The molecule has 0 rings (SSSR count). The summed E-state index contributed by atoms with van der Waals surface area (Å²) in [5.74, 6) is 1.58. The number of aliphatic hydroxyl groups excluding tert-OH is 2. The maximum absolute atomic E-state index is 11.6. The third kappa shape index (κ3) is 13.1. The summed E-state index contributed by atoms with van der Waals surface area (Å²) in [6.45, 7) is 8.42. The van der Waals surface area contributed by atoms with Gasteiger partial charge in [-0.15, -0.1) is 0 Å². The van der Waals surface area contributed by atoms with Gasteiger partial charge in [0.15, 0.2) is 0 Å². The van der Waals surface area contributed by atoms with E-state index in [0.29, 0.717) is 12.3 Å². The van der Waals surface area contributed by atoms with Gasteiger partial charge in [0.1, 0.15) is 12.7 Å². The maximum Gasteiger partial charge on any atom is 0.306 e. The van der Waals surface area contributed by atoms with Gasteiger partial charge in [-0.1, -0.05) is 66.2 Å². The second-order valence-corrected chi connectivity index (χ2v) is 7.19. The molecule has 0 bridgehead atoms. The van der Waals surface area contributed by atoms with Crippen LogP contribution in [0.25, 0.3) is 0 Å². The molecule has 4 nitrogen and oxygen atoms in total. The van der Waals surface area contributed by atoms with Gasteiger partial charge >= 0.3 is 5.97 Å². The Morgan fingerprint density at radius 2 is 1.50 bits per heavy atom. The molecule has 0 amide bonds. The predicted molar refractivity (Wildman–Crippen MR) is 89.5 cm³/mol. The predicted octanol–water partition coefficient (Wildman–Crippen LogP) is 3.54. The van der Waals surface area contributed by atoms with Gasteiger partial charge in [-0.05, 0) is 17.8 Å². The molecule has 0 aromatic heterocycles. The third-order valence-corrected chi connectivity index (χ3v) is 4.03. The van der Waals surface area contributed by atoms with Crippen LogP contribution in [0.4, 0.5) is 0 Å². The molecule has 4 heteroatoms. The first-order valence-electron chi connectivity index (χ1n) is 8.79. The van der Waals surface area contributed by atoms with Crippen molar-refractivity contribution in [1.29, 1.82) is 0 Å². The molecule has 132 valence electrons. The zero-order valence-corrected chi connectivity index (χ0v) is 14.9. The van der Waals surface area contributed by atoms with Crippen LogP contribution in [0.3, 0.4) is 0 Å². The van der Waals surface area contributed by atoms with Crippen molar-refractivity contribution in [1.82, 2.24) is 0 Å². The number of hydrogen-bond acceptors (Lipinski definition) is 4. The van der Waals surface area contributed by atoms with E-state index >= 15 is 0 Å². The van der Waals surface area contributed by atoms with Crippen molar-refractivity contribution in [2.75, 3.05) is 13.2 Å². The lowest BCUT2D eigenvalue weighted by atomic mass is 9.93. The van der Waals surface area contributed by atoms with Crippen molar-refractivity contribution in [2.24, 2.45) is 17.8 Å². The molecule has 0 aromatic rings. The van der Waals surface area contributed by atoms with Crippen LogP contribution in [-0.4, -0.2) is 35.5 Å². The Labute approximate surface area is 136 Å². The Kier molecular flexibility index (Phi) is 12.5. The number of aliphatic hydroxyl groups is 2. The highest BCUT2D eigenvalue weighted by Crippen LogP contribution is 2.20. The van der Waals surface area contributed by atoms with E-state index in [4.69, 9.17) is 14.9 Å². The monoisotopic (exact) mass is 316 g/mol. The van der Waals surface area contributed by atoms with E-state index in [2.05, 4.69) is 27.7 Å². The van der Waals surface area contributed by atoms with Crippen molar-refractivity contribution in [2.45, 2.75) is 78.7 Å². The average Bonchev–Trinajstić information content (AvgIpc) is 2.44. The van der Waals surface area contributed by atoms with Gasteiger partial charge < -0.3 is 14.9 Å². The molecule has 22 heavy (non-hydrogen) atoms. The minimum atomic E-state index is -0.967. The van der Waals surface area contributed by atoms with Crippen LogP contribution in [0.5, 0.6) is 0 Å². The lowest BCUT2D eigenvalue weighted by Crippen LogP contribution is -2.22. The molecule has 0 aromatic carbocycles. The summed E-state index contributed by atoms with van der Waals surface area (Å²) in [5, 5.41) is 17.8. The minimum absolute atomic E-state index is 0.116. The standard InChI is InChI=1S/C18H36O4/c1-14(2)7-5-8-15(3)9-6-10-16(4)11-18(21)22-13-17(20)12-19/h14-17,19-20H,5-13H2,1-4H3. The van der Waals surface area contributed by atoms with E-state index in [9.17, 15) is 4.79 Å². The average molecular weight is 316 g/mol. The quantitative estimate of drug-likeness (QED) is 0.510. The van der Waals surface area contributed by atoms with Crippen LogP contribution < -0.4 is 0 Å². The number of carbonyl (C=O) groups excluding carboxylic acids is 1. The van der Waals surface area contributed by atoms with E-state index in [1.165, 1.54) is 25.7 Å². The number of rotatable bonds is 13. The first-order valence-corrected chi connectivity index (χ1v) is 8.79. The lowest BCUT2D eigenvalue weighted by molar-refractivity contribution is -0.148. The van der Waals surface area contributed by atoms with Gasteiger partial charge in [0.2, 0.25) is 0 Å². The van der Waals surface area contributed by atoms with Crippen LogP contribution in [0, 0.1) is 17.8 Å². The van der Waals surface area contributed by atoms with Crippen molar-refractivity contribution in [3.63, 3.8) is 0 Å². The van der Waals surface area contributed by atoms with Crippen LogP contribution >= 0.6 is 0 Å². The molecule has 0 aliphatic rings. The molecule has 0 saturated heterocycles. The van der Waals surface area contributed by atoms with Crippen LogP contribution in [-0.2, 0) is 9.53 Å². The van der Waals surface area contributed by atoms with Crippen LogP contribution in [0.2, 0.25) is 0 Å². The SMILES string of the molecule is CC(C)CCCC(C)CCCC(C)CC(=O)OCC(O)CO. The Bertz CT molecular complexity index is 278. The van der Waals surface area contributed by atoms with Gasteiger partial charge in [-0.2, -0.15) is 0 Å². The van der Waals surface area contributed by atoms with Crippen molar-refractivity contribution in [3.05, 3.63) is 0 Å². The van der Waals surface area contributed by atoms with Gasteiger partial charge in [-0.25, -0.2) is 0 Å². The molecular weight excluding hydrogens is 280 g/mol. The van der Waals surface area contributed by atoms with Crippen molar-refractivity contribution >= 4 is 5.97 Å². The number of esters is 1. The Morgan fingerprint density at radius 3 is 2.05 bits per heavy atom.